The van der Waals surface area contributed by atoms with Gasteiger partial charge in [0.1, 0.15) is 22.9 Å². The largest absolute Gasteiger partial charge is 0.382 e. The summed E-state index contributed by atoms with van der Waals surface area (Å²) in [6.07, 6.45) is 7.64. The van der Waals surface area contributed by atoms with Crippen molar-refractivity contribution in [1.82, 2.24) is 29.2 Å². The van der Waals surface area contributed by atoms with Crippen LogP contribution in [0.5, 0.6) is 0 Å². The van der Waals surface area contributed by atoms with Crippen molar-refractivity contribution in [3.05, 3.63) is 72.9 Å². The van der Waals surface area contributed by atoms with Crippen LogP contribution >= 0.6 is 0 Å². The Bertz CT molecular complexity index is 1510. The van der Waals surface area contributed by atoms with Crippen LogP contribution in [-0.2, 0) is 5.41 Å². The van der Waals surface area contributed by atoms with E-state index in [1.165, 1.54) is 0 Å². The predicted molar refractivity (Wildman–Crippen MR) is 135 cm³/mol. The lowest BCUT2D eigenvalue weighted by molar-refractivity contribution is 0.0960. The van der Waals surface area contributed by atoms with Gasteiger partial charge >= 0.3 is 0 Å². The number of fused-ring (bicyclic) bond motifs is 2. The number of rotatable bonds is 4. The van der Waals surface area contributed by atoms with Crippen LogP contribution in [0.4, 0.5) is 5.82 Å². The molecule has 4 aromatic heterocycles. The molecule has 0 aliphatic heterocycles. The van der Waals surface area contributed by atoms with Gasteiger partial charge in [-0.2, -0.15) is 0 Å². The standard InChI is InChI=1S/C27H27N7/c1-27(15-19(16-27)33(2)3)26-32-23(24-25(28)30-12-13-34(24)26)18-8-7-17-9-10-21(31-22(17)14-18)20-6-4-5-11-29-20/h4-14,19H,15-16H2,1-3H3,(H2,28,30). The Kier molecular flexibility index (Phi) is 4.64. The second kappa shape index (κ2) is 7.60. The summed E-state index contributed by atoms with van der Waals surface area (Å²) < 4.78 is 2.13. The molecule has 1 aromatic carbocycles. The molecule has 0 atom stereocenters. The number of anilines is 1. The van der Waals surface area contributed by atoms with Crippen molar-refractivity contribution in [1.29, 1.82) is 0 Å². The molecule has 7 heteroatoms. The van der Waals surface area contributed by atoms with Gasteiger partial charge < -0.3 is 10.6 Å². The van der Waals surface area contributed by atoms with E-state index in [1.54, 1.807) is 12.4 Å². The minimum absolute atomic E-state index is 0.00879. The lowest BCUT2D eigenvalue weighted by Gasteiger charge is -2.47. The first-order chi connectivity index (χ1) is 16.4. The van der Waals surface area contributed by atoms with E-state index < -0.39 is 0 Å². The molecule has 170 valence electrons. The zero-order valence-electron chi connectivity index (χ0n) is 19.6. The Morgan fingerprint density at radius 1 is 0.971 bits per heavy atom. The number of pyridine rings is 2. The highest BCUT2D eigenvalue weighted by Crippen LogP contribution is 2.46. The fourth-order valence-corrected chi connectivity index (χ4v) is 5.14. The summed E-state index contributed by atoms with van der Waals surface area (Å²) in [6.45, 7) is 2.29. The highest BCUT2D eigenvalue weighted by atomic mass is 15.1. The first-order valence-corrected chi connectivity index (χ1v) is 11.5. The van der Waals surface area contributed by atoms with Gasteiger partial charge in [-0.3, -0.25) is 9.38 Å². The van der Waals surface area contributed by atoms with Crippen molar-refractivity contribution in [3.63, 3.8) is 0 Å². The predicted octanol–water partition coefficient (Wildman–Crippen LogP) is 4.57. The Balaban J connectivity index is 1.49. The van der Waals surface area contributed by atoms with Crippen LogP contribution in [-0.4, -0.2) is 49.4 Å². The van der Waals surface area contributed by atoms with Gasteiger partial charge in [0.05, 0.1) is 16.9 Å². The van der Waals surface area contributed by atoms with E-state index in [9.17, 15) is 0 Å². The van der Waals surface area contributed by atoms with Crippen molar-refractivity contribution in [3.8, 4) is 22.6 Å². The third-order valence-corrected chi connectivity index (χ3v) is 7.12. The van der Waals surface area contributed by atoms with E-state index in [2.05, 4.69) is 64.6 Å². The lowest BCUT2D eigenvalue weighted by atomic mass is 9.66. The molecule has 1 saturated carbocycles. The molecule has 0 amide bonds. The van der Waals surface area contributed by atoms with Gasteiger partial charge in [-0.15, -0.1) is 0 Å². The highest BCUT2D eigenvalue weighted by Gasteiger charge is 2.45. The van der Waals surface area contributed by atoms with Crippen LogP contribution in [0, 0.1) is 0 Å². The zero-order valence-corrected chi connectivity index (χ0v) is 19.6. The summed E-state index contributed by atoms with van der Waals surface area (Å²) in [6, 6.07) is 16.8. The minimum atomic E-state index is -0.00879. The molecular weight excluding hydrogens is 422 g/mol. The Morgan fingerprint density at radius 3 is 2.56 bits per heavy atom. The number of benzene rings is 1. The molecular formula is C27H27N7. The summed E-state index contributed by atoms with van der Waals surface area (Å²) in [5.41, 5.74) is 11.7. The van der Waals surface area contributed by atoms with Crippen molar-refractivity contribution in [2.75, 3.05) is 19.8 Å². The molecule has 6 rings (SSSR count). The van der Waals surface area contributed by atoms with Crippen LogP contribution in [0.15, 0.2) is 67.1 Å². The zero-order chi connectivity index (χ0) is 23.4. The monoisotopic (exact) mass is 449 g/mol. The van der Waals surface area contributed by atoms with Crippen molar-refractivity contribution >= 4 is 22.2 Å². The van der Waals surface area contributed by atoms with E-state index in [0.717, 1.165) is 57.7 Å². The third kappa shape index (κ3) is 3.23. The summed E-state index contributed by atoms with van der Waals surface area (Å²) in [5, 5.41) is 1.07. The number of hydrogen-bond donors (Lipinski definition) is 1. The number of imidazole rings is 1. The van der Waals surface area contributed by atoms with Gasteiger partial charge in [-0.25, -0.2) is 15.0 Å². The van der Waals surface area contributed by atoms with Crippen LogP contribution in [0.25, 0.3) is 39.1 Å². The van der Waals surface area contributed by atoms with Crippen molar-refractivity contribution < 1.29 is 0 Å². The molecule has 0 radical (unpaired) electrons. The lowest BCUT2D eigenvalue weighted by Crippen LogP contribution is -2.50. The maximum atomic E-state index is 6.39. The van der Waals surface area contributed by atoms with Crippen molar-refractivity contribution in [2.24, 2.45) is 0 Å². The fraction of sp³-hybridized carbons (Fsp3) is 0.259. The number of nitrogens with two attached hydrogens (primary N) is 1. The van der Waals surface area contributed by atoms with Gasteiger partial charge in [0, 0.05) is 41.0 Å². The molecule has 2 N–H and O–H groups in total. The summed E-state index contributed by atoms with van der Waals surface area (Å²) in [5.74, 6) is 1.53. The van der Waals surface area contributed by atoms with Crippen LogP contribution < -0.4 is 5.73 Å². The first kappa shape index (κ1) is 20.7. The molecule has 34 heavy (non-hydrogen) atoms. The first-order valence-electron chi connectivity index (χ1n) is 11.5. The quantitative estimate of drug-likeness (QED) is 0.433. The third-order valence-electron chi connectivity index (χ3n) is 7.12. The van der Waals surface area contributed by atoms with Crippen LogP contribution in [0.2, 0.25) is 0 Å². The topological polar surface area (TPSA) is 85.2 Å². The second-order valence-electron chi connectivity index (χ2n) is 9.72. The number of hydrogen-bond acceptors (Lipinski definition) is 6. The van der Waals surface area contributed by atoms with E-state index in [0.29, 0.717) is 11.9 Å². The van der Waals surface area contributed by atoms with Crippen molar-refractivity contribution in [2.45, 2.75) is 31.2 Å². The molecule has 1 aliphatic carbocycles. The Hall–Kier alpha value is -3.84. The molecule has 0 bridgehead atoms. The fourth-order valence-electron chi connectivity index (χ4n) is 5.14. The van der Waals surface area contributed by atoms with Gasteiger partial charge in [0.25, 0.3) is 0 Å². The average molecular weight is 450 g/mol. The summed E-state index contributed by atoms with van der Waals surface area (Å²) in [7, 11) is 4.28. The molecule has 4 heterocycles. The SMILES string of the molecule is CN(C)C1CC(C)(c2nc(-c3ccc4ccc(-c5ccccn5)nc4c3)c3c(N)nccn23)C1. The molecule has 5 aromatic rings. The van der Waals surface area contributed by atoms with Crippen LogP contribution in [0.3, 0.4) is 0 Å². The Morgan fingerprint density at radius 2 is 1.79 bits per heavy atom. The molecule has 0 spiro atoms. The number of nitrogens with zero attached hydrogens (tertiary/aromatic N) is 6. The smallest absolute Gasteiger partial charge is 0.150 e. The molecule has 1 fully saturated rings. The number of aromatic nitrogens is 5. The molecule has 1 aliphatic rings. The van der Waals surface area contributed by atoms with Gasteiger partial charge in [-0.05, 0) is 51.2 Å². The minimum Gasteiger partial charge on any atom is -0.382 e. The summed E-state index contributed by atoms with van der Waals surface area (Å²) >= 11 is 0. The summed E-state index contributed by atoms with van der Waals surface area (Å²) in [4.78, 5) is 21.2. The normalized spacial score (nSPS) is 20.2. The maximum absolute atomic E-state index is 6.39. The van der Waals surface area contributed by atoms with E-state index in [-0.39, 0.29) is 5.41 Å². The maximum Gasteiger partial charge on any atom is 0.150 e. The van der Waals surface area contributed by atoms with Gasteiger partial charge in [0.15, 0.2) is 0 Å². The van der Waals surface area contributed by atoms with E-state index >= 15 is 0 Å². The average Bonchev–Trinajstić information content (AvgIpc) is 3.23. The van der Waals surface area contributed by atoms with Crippen LogP contribution in [0.1, 0.15) is 25.6 Å². The molecule has 0 saturated heterocycles. The van der Waals surface area contributed by atoms with E-state index in [4.69, 9.17) is 15.7 Å². The second-order valence-corrected chi connectivity index (χ2v) is 9.72. The van der Waals surface area contributed by atoms with Gasteiger partial charge in [0.2, 0.25) is 0 Å². The molecule has 7 nitrogen and oxygen atoms in total. The molecule has 0 unspecified atom stereocenters. The Labute approximate surface area is 198 Å². The highest BCUT2D eigenvalue weighted by molar-refractivity contribution is 5.91. The number of nitrogen functional groups attached to an aromatic ring is 1. The van der Waals surface area contributed by atoms with Gasteiger partial charge in [-0.1, -0.05) is 31.2 Å². The van der Waals surface area contributed by atoms with E-state index in [1.807, 2.05) is 30.5 Å².